The van der Waals surface area contributed by atoms with Gasteiger partial charge in [0.15, 0.2) is 23.0 Å². The van der Waals surface area contributed by atoms with E-state index in [1.54, 1.807) is 34.4 Å². The van der Waals surface area contributed by atoms with E-state index in [4.69, 9.17) is 28.4 Å². The summed E-state index contributed by atoms with van der Waals surface area (Å²) in [6.45, 7) is 11.5. The summed E-state index contributed by atoms with van der Waals surface area (Å²) in [5, 5.41) is 0. The van der Waals surface area contributed by atoms with E-state index in [1.807, 2.05) is 0 Å². The van der Waals surface area contributed by atoms with Crippen molar-refractivity contribution in [2.75, 3.05) is 39.6 Å². The maximum Gasteiger partial charge on any atom is 0.180 e. The predicted octanol–water partition coefficient (Wildman–Crippen LogP) is 0.620. The van der Waals surface area contributed by atoms with Crippen molar-refractivity contribution in [3.05, 3.63) is 18.1 Å². The second-order valence-electron chi connectivity index (χ2n) is 6.83. The van der Waals surface area contributed by atoms with Gasteiger partial charge >= 0.3 is 0 Å². The van der Waals surface area contributed by atoms with Crippen LogP contribution in [0.2, 0.25) is 0 Å². The van der Waals surface area contributed by atoms with Gasteiger partial charge in [-0.3, -0.25) is 0 Å². The van der Waals surface area contributed by atoms with Crippen LogP contribution in [-0.2, 0) is 9.47 Å². The number of rotatable bonds is 0. The van der Waals surface area contributed by atoms with Gasteiger partial charge in [0.2, 0.25) is 0 Å². The van der Waals surface area contributed by atoms with Gasteiger partial charge in [-0.25, -0.2) is 0 Å². The minimum atomic E-state index is -0.188. The van der Waals surface area contributed by atoms with Crippen molar-refractivity contribution in [2.45, 2.75) is 12.2 Å². The molecule has 0 aromatic carbocycles. The average molecular weight is 451 g/mol. The first-order chi connectivity index (χ1) is 14.2. The van der Waals surface area contributed by atoms with Crippen molar-refractivity contribution in [1.82, 2.24) is 0 Å². The van der Waals surface area contributed by atoms with Crippen LogP contribution in [0.15, 0.2) is 0 Å². The summed E-state index contributed by atoms with van der Waals surface area (Å²) in [7, 11) is 0. The number of hydrogen-bond acceptors (Lipinski definition) is 9. The lowest BCUT2D eigenvalue weighted by Gasteiger charge is -2.26. The molecule has 6 nitrogen and oxygen atoms in total. The zero-order chi connectivity index (χ0) is 19.5. The molecule has 2 aromatic rings. The third-order valence-electron chi connectivity index (χ3n) is 5.07. The maximum absolute atomic E-state index is 6.17. The molecule has 4 aliphatic heterocycles. The molecule has 9 heteroatoms. The molecular formula is C20H18O6S3. The Bertz CT molecular complexity index is 1120. The van der Waals surface area contributed by atoms with E-state index >= 15 is 0 Å². The Labute approximate surface area is 178 Å². The zero-order valence-electron chi connectivity index (χ0n) is 15.5. The summed E-state index contributed by atoms with van der Waals surface area (Å²) in [5.74, 6) is 3.04. The number of hydrogen-bond donors (Lipinski definition) is 0. The standard InChI is InChI=1S/C20H18O6S3/c1-9-11-13(23-5-3-21-11)17(27-9)19-15-16(26-8-7-25-15)20(29-19)18-14-12(10(2)28-18)22-4-6-24-14/h15-16H,1-8H2/b19-17+,20-18+. The maximum atomic E-state index is 6.17. The van der Waals surface area contributed by atoms with Gasteiger partial charge in [0.25, 0.3) is 0 Å². The second-order valence-corrected chi connectivity index (χ2v) is 10.1. The third kappa shape index (κ3) is 2.75. The normalized spacial score (nSPS) is 29.0. The number of thioether (sulfide) groups is 1. The lowest BCUT2D eigenvalue weighted by Crippen LogP contribution is -2.37. The van der Waals surface area contributed by atoms with Gasteiger partial charge < -0.3 is 28.4 Å². The van der Waals surface area contributed by atoms with Crippen molar-refractivity contribution < 1.29 is 28.4 Å². The van der Waals surface area contributed by atoms with Gasteiger partial charge in [0.05, 0.1) is 31.3 Å². The molecule has 0 saturated carbocycles. The molecule has 0 bridgehead atoms. The van der Waals surface area contributed by atoms with Crippen LogP contribution in [0, 0.1) is 0 Å². The Morgan fingerprint density at radius 3 is 1.45 bits per heavy atom. The molecular weight excluding hydrogens is 432 g/mol. The quantitative estimate of drug-likeness (QED) is 0.583. The summed E-state index contributed by atoms with van der Waals surface area (Å²) < 4.78 is 39.6. The Hall–Kier alpha value is -1.65. The molecule has 2 aromatic heterocycles. The Morgan fingerprint density at radius 2 is 1.00 bits per heavy atom. The first-order valence-corrected chi connectivity index (χ1v) is 11.8. The summed E-state index contributed by atoms with van der Waals surface area (Å²) >= 11 is 4.84. The first-order valence-electron chi connectivity index (χ1n) is 9.36. The Kier molecular flexibility index (Phi) is 4.35. The van der Waals surface area contributed by atoms with E-state index in [0.29, 0.717) is 39.6 Å². The van der Waals surface area contributed by atoms with Gasteiger partial charge in [-0.2, -0.15) is 0 Å². The predicted molar refractivity (Wildman–Crippen MR) is 114 cm³/mol. The van der Waals surface area contributed by atoms with Gasteiger partial charge in [-0.15, -0.1) is 22.7 Å². The van der Waals surface area contributed by atoms with E-state index in [1.165, 1.54) is 0 Å². The minimum Gasteiger partial charge on any atom is -0.485 e. The molecule has 29 heavy (non-hydrogen) atoms. The van der Waals surface area contributed by atoms with Crippen molar-refractivity contribution >= 4 is 57.4 Å². The van der Waals surface area contributed by atoms with Crippen LogP contribution in [0.5, 0.6) is 23.0 Å². The lowest BCUT2D eigenvalue weighted by molar-refractivity contribution is -0.0885. The fourth-order valence-electron chi connectivity index (χ4n) is 3.88. The number of fused-ring (bicyclic) bond motifs is 3. The Morgan fingerprint density at radius 1 is 0.586 bits per heavy atom. The molecule has 152 valence electrons. The molecule has 6 heterocycles. The van der Waals surface area contributed by atoms with Gasteiger partial charge in [0, 0.05) is 9.81 Å². The molecule has 2 unspecified atom stereocenters. The summed E-state index contributed by atoms with van der Waals surface area (Å²) in [4.78, 5) is 2.16. The monoisotopic (exact) mass is 450 g/mol. The third-order valence-corrected chi connectivity index (χ3v) is 8.73. The fraction of sp³-hybridized carbons (Fsp3) is 0.400. The van der Waals surface area contributed by atoms with E-state index < -0.39 is 0 Å². The highest BCUT2D eigenvalue weighted by atomic mass is 32.2. The molecule has 6 rings (SSSR count). The second kappa shape index (κ2) is 6.95. The molecule has 0 N–H and O–H groups in total. The molecule has 4 aliphatic rings. The zero-order valence-corrected chi connectivity index (χ0v) is 17.9. The molecule has 0 aliphatic carbocycles. The fourth-order valence-corrected chi connectivity index (χ4v) is 7.51. The van der Waals surface area contributed by atoms with E-state index in [0.717, 1.165) is 50.9 Å². The van der Waals surface area contributed by atoms with Crippen LogP contribution in [0.3, 0.4) is 0 Å². The van der Waals surface area contributed by atoms with Crippen LogP contribution in [0.25, 0.3) is 23.0 Å². The van der Waals surface area contributed by atoms with Gasteiger partial charge in [0.1, 0.15) is 38.6 Å². The topological polar surface area (TPSA) is 55.4 Å². The van der Waals surface area contributed by atoms with E-state index in [-0.39, 0.29) is 12.2 Å². The smallest absolute Gasteiger partial charge is 0.180 e. The van der Waals surface area contributed by atoms with Crippen LogP contribution in [0.1, 0.15) is 0 Å². The number of thiophene rings is 2. The van der Waals surface area contributed by atoms with Crippen molar-refractivity contribution in [2.24, 2.45) is 0 Å². The summed E-state index contributed by atoms with van der Waals surface area (Å²) in [6, 6.07) is 0. The highest BCUT2D eigenvalue weighted by Gasteiger charge is 2.43. The molecule has 2 fully saturated rings. The minimum absolute atomic E-state index is 0.188. The summed E-state index contributed by atoms with van der Waals surface area (Å²) in [5.41, 5.74) is 0. The van der Waals surface area contributed by atoms with Crippen molar-refractivity contribution in [3.63, 3.8) is 0 Å². The van der Waals surface area contributed by atoms with Crippen molar-refractivity contribution in [3.8, 4) is 23.0 Å². The van der Waals surface area contributed by atoms with Crippen LogP contribution < -0.4 is 37.1 Å². The highest BCUT2D eigenvalue weighted by Crippen LogP contribution is 2.48. The Balaban J connectivity index is 1.60. The van der Waals surface area contributed by atoms with Gasteiger partial charge in [-0.05, 0) is 0 Å². The van der Waals surface area contributed by atoms with E-state index in [2.05, 4.69) is 13.2 Å². The average Bonchev–Trinajstić information content (AvgIpc) is 3.41. The molecule has 2 saturated heterocycles. The molecule has 0 amide bonds. The molecule has 0 spiro atoms. The SMILES string of the molecule is C=c1s/c(=C2/S/C(=c3/sc(=C)c4c3OCCO4)C3OCCOC23)c2c1OCCO2. The lowest BCUT2D eigenvalue weighted by atomic mass is 10.1. The largest absolute Gasteiger partial charge is 0.485 e. The first kappa shape index (κ1) is 18.1. The van der Waals surface area contributed by atoms with Gasteiger partial charge in [-0.1, -0.05) is 24.9 Å². The van der Waals surface area contributed by atoms with Crippen LogP contribution in [-0.4, -0.2) is 51.8 Å². The van der Waals surface area contributed by atoms with E-state index in [9.17, 15) is 0 Å². The molecule has 0 radical (unpaired) electrons. The highest BCUT2D eigenvalue weighted by molar-refractivity contribution is 8.16. The van der Waals surface area contributed by atoms with Crippen molar-refractivity contribution in [1.29, 1.82) is 0 Å². The van der Waals surface area contributed by atoms with Crippen LogP contribution >= 0.6 is 34.4 Å². The number of ether oxygens (including phenoxy) is 6. The van der Waals surface area contributed by atoms with Crippen LogP contribution in [0.4, 0.5) is 0 Å². The molecule has 2 atom stereocenters. The summed E-state index contributed by atoms with van der Waals surface area (Å²) in [6.07, 6.45) is -0.376.